The molecule has 0 amide bonds. The lowest BCUT2D eigenvalue weighted by Gasteiger charge is -2.36. The van der Waals surface area contributed by atoms with Crippen LogP contribution in [0.4, 0.5) is 0 Å². The van der Waals surface area contributed by atoms with Crippen molar-refractivity contribution in [3.63, 3.8) is 0 Å². The number of aliphatic hydroxyl groups is 1. The molecular weight excluding hydrogens is 220 g/mol. The van der Waals surface area contributed by atoms with E-state index >= 15 is 0 Å². The zero-order chi connectivity index (χ0) is 12.4. The molecule has 2 aliphatic rings. The lowest BCUT2D eigenvalue weighted by atomic mass is 9.75. The average Bonchev–Trinajstić information content (AvgIpc) is 2.68. The van der Waals surface area contributed by atoms with E-state index in [-0.39, 0.29) is 0 Å². The van der Waals surface area contributed by atoms with Crippen molar-refractivity contribution in [1.82, 2.24) is 0 Å². The number of hydrogen-bond donors (Lipinski definition) is 1. The van der Waals surface area contributed by atoms with E-state index in [1.54, 1.807) is 0 Å². The lowest BCUT2D eigenvalue weighted by Crippen LogP contribution is -2.37. The van der Waals surface area contributed by atoms with Gasteiger partial charge in [-0.25, -0.2) is 0 Å². The molecule has 0 fully saturated rings. The van der Waals surface area contributed by atoms with Gasteiger partial charge < -0.3 is 5.11 Å². The van der Waals surface area contributed by atoms with E-state index in [2.05, 4.69) is 30.3 Å². The van der Waals surface area contributed by atoms with Crippen molar-refractivity contribution in [3.05, 3.63) is 47.0 Å². The fraction of sp³-hybridized carbons (Fsp3) is 0.529. The number of aryl methyl sites for hydroxylation is 1. The van der Waals surface area contributed by atoms with Gasteiger partial charge >= 0.3 is 0 Å². The van der Waals surface area contributed by atoms with E-state index in [0.29, 0.717) is 0 Å². The predicted molar refractivity (Wildman–Crippen MR) is 74.6 cm³/mol. The molecule has 0 aromatic heterocycles. The van der Waals surface area contributed by atoms with Crippen LogP contribution < -0.4 is 0 Å². The standard InChI is InChI=1S/C17H22O/c18-17(16-9-3-1-2-4-10-16)12-11-14-7-5-6-8-15(14)13-17/h5-9,18H,1-4,10-13H2. The van der Waals surface area contributed by atoms with Gasteiger partial charge in [0.15, 0.2) is 0 Å². The zero-order valence-corrected chi connectivity index (χ0v) is 11.0. The van der Waals surface area contributed by atoms with Crippen LogP contribution in [0.3, 0.4) is 0 Å². The van der Waals surface area contributed by atoms with Gasteiger partial charge in [0, 0.05) is 6.42 Å². The summed E-state index contributed by atoms with van der Waals surface area (Å²) in [5, 5.41) is 11.0. The maximum Gasteiger partial charge on any atom is 0.0900 e. The first kappa shape index (κ1) is 12.0. The van der Waals surface area contributed by atoms with Crippen LogP contribution in [0, 0.1) is 0 Å². The highest BCUT2D eigenvalue weighted by molar-refractivity contribution is 5.35. The summed E-state index contributed by atoms with van der Waals surface area (Å²) in [5.74, 6) is 0. The van der Waals surface area contributed by atoms with Crippen LogP contribution in [0.5, 0.6) is 0 Å². The Morgan fingerprint density at radius 1 is 0.944 bits per heavy atom. The first-order valence-corrected chi connectivity index (χ1v) is 7.27. The third-order valence-electron chi connectivity index (χ3n) is 4.55. The SMILES string of the molecule is OC1(C2=CCCCCC2)CCc2ccccc2C1. The van der Waals surface area contributed by atoms with Gasteiger partial charge in [0.1, 0.15) is 0 Å². The lowest BCUT2D eigenvalue weighted by molar-refractivity contribution is 0.0599. The molecule has 3 rings (SSSR count). The number of fused-ring (bicyclic) bond motifs is 1. The summed E-state index contributed by atoms with van der Waals surface area (Å²) in [7, 11) is 0. The quantitative estimate of drug-likeness (QED) is 0.743. The topological polar surface area (TPSA) is 20.2 Å². The summed E-state index contributed by atoms with van der Waals surface area (Å²) in [4.78, 5) is 0. The van der Waals surface area contributed by atoms with Crippen molar-refractivity contribution in [3.8, 4) is 0 Å². The maximum absolute atomic E-state index is 11.0. The van der Waals surface area contributed by atoms with Gasteiger partial charge in [-0.1, -0.05) is 36.8 Å². The van der Waals surface area contributed by atoms with Crippen molar-refractivity contribution in [1.29, 1.82) is 0 Å². The molecule has 0 aliphatic heterocycles. The normalized spacial score (nSPS) is 28.2. The number of allylic oxidation sites excluding steroid dienone is 1. The van der Waals surface area contributed by atoms with E-state index in [0.717, 1.165) is 32.1 Å². The Balaban J connectivity index is 1.86. The Morgan fingerprint density at radius 3 is 2.67 bits per heavy atom. The highest BCUT2D eigenvalue weighted by atomic mass is 16.3. The Hall–Kier alpha value is -1.08. The Kier molecular flexibility index (Phi) is 3.25. The van der Waals surface area contributed by atoms with Gasteiger partial charge in [-0.15, -0.1) is 0 Å². The number of benzene rings is 1. The molecule has 1 nitrogen and oxygen atoms in total. The molecule has 0 saturated heterocycles. The number of hydrogen-bond acceptors (Lipinski definition) is 1. The second-order valence-corrected chi connectivity index (χ2v) is 5.81. The summed E-state index contributed by atoms with van der Waals surface area (Å²) < 4.78 is 0. The molecule has 0 heterocycles. The van der Waals surface area contributed by atoms with Gasteiger partial charge in [-0.05, 0) is 55.2 Å². The second kappa shape index (κ2) is 4.89. The molecule has 1 unspecified atom stereocenters. The molecule has 1 N–H and O–H groups in total. The van der Waals surface area contributed by atoms with Crippen molar-refractivity contribution >= 4 is 0 Å². The van der Waals surface area contributed by atoms with Gasteiger partial charge in [0.2, 0.25) is 0 Å². The van der Waals surface area contributed by atoms with Crippen LogP contribution >= 0.6 is 0 Å². The molecule has 0 bridgehead atoms. The molecule has 2 aliphatic carbocycles. The van der Waals surface area contributed by atoms with E-state index in [1.165, 1.54) is 36.0 Å². The van der Waals surface area contributed by atoms with Gasteiger partial charge in [0.05, 0.1) is 5.60 Å². The minimum atomic E-state index is -0.557. The molecule has 0 saturated carbocycles. The second-order valence-electron chi connectivity index (χ2n) is 5.81. The summed E-state index contributed by atoms with van der Waals surface area (Å²) in [5.41, 5.74) is 3.53. The van der Waals surface area contributed by atoms with Crippen LogP contribution in [0.25, 0.3) is 0 Å². The predicted octanol–water partition coefficient (Wildman–Crippen LogP) is 3.80. The fourth-order valence-electron chi connectivity index (χ4n) is 3.43. The number of rotatable bonds is 1. The Morgan fingerprint density at radius 2 is 1.78 bits per heavy atom. The third kappa shape index (κ3) is 2.24. The smallest absolute Gasteiger partial charge is 0.0900 e. The highest BCUT2D eigenvalue weighted by Crippen LogP contribution is 2.37. The van der Waals surface area contributed by atoms with E-state index in [4.69, 9.17) is 0 Å². The minimum Gasteiger partial charge on any atom is -0.385 e. The maximum atomic E-state index is 11.0. The van der Waals surface area contributed by atoms with Crippen molar-refractivity contribution < 1.29 is 5.11 Å². The summed E-state index contributed by atoms with van der Waals surface area (Å²) >= 11 is 0. The Labute approximate surface area is 110 Å². The summed E-state index contributed by atoms with van der Waals surface area (Å²) in [6.07, 6.45) is 11.1. The van der Waals surface area contributed by atoms with Gasteiger partial charge in [-0.3, -0.25) is 0 Å². The van der Waals surface area contributed by atoms with E-state index in [9.17, 15) is 5.11 Å². The van der Waals surface area contributed by atoms with Crippen LogP contribution in [0.1, 0.15) is 49.7 Å². The van der Waals surface area contributed by atoms with Crippen molar-refractivity contribution in [2.45, 2.75) is 57.0 Å². The highest BCUT2D eigenvalue weighted by Gasteiger charge is 2.35. The molecule has 0 spiro atoms. The monoisotopic (exact) mass is 242 g/mol. The molecule has 1 aromatic rings. The molecule has 96 valence electrons. The largest absolute Gasteiger partial charge is 0.385 e. The van der Waals surface area contributed by atoms with E-state index in [1.807, 2.05) is 0 Å². The van der Waals surface area contributed by atoms with Gasteiger partial charge in [-0.2, -0.15) is 0 Å². The fourth-order valence-corrected chi connectivity index (χ4v) is 3.43. The third-order valence-corrected chi connectivity index (χ3v) is 4.55. The Bertz CT molecular complexity index is 460. The van der Waals surface area contributed by atoms with Crippen LogP contribution in [-0.2, 0) is 12.8 Å². The van der Waals surface area contributed by atoms with Crippen LogP contribution in [0.15, 0.2) is 35.9 Å². The van der Waals surface area contributed by atoms with Crippen molar-refractivity contribution in [2.75, 3.05) is 0 Å². The average molecular weight is 242 g/mol. The molecule has 1 aromatic carbocycles. The van der Waals surface area contributed by atoms with Gasteiger partial charge in [0.25, 0.3) is 0 Å². The molecule has 18 heavy (non-hydrogen) atoms. The molecule has 0 radical (unpaired) electrons. The summed E-state index contributed by atoms with van der Waals surface area (Å²) in [6.45, 7) is 0. The first-order chi connectivity index (χ1) is 8.78. The van der Waals surface area contributed by atoms with Crippen LogP contribution in [-0.4, -0.2) is 10.7 Å². The zero-order valence-electron chi connectivity index (χ0n) is 11.0. The molecular formula is C17H22O. The molecule has 1 heteroatoms. The summed E-state index contributed by atoms with van der Waals surface area (Å²) in [6, 6.07) is 8.58. The minimum absolute atomic E-state index is 0.557. The van der Waals surface area contributed by atoms with Crippen LogP contribution in [0.2, 0.25) is 0 Å². The van der Waals surface area contributed by atoms with Crippen molar-refractivity contribution in [2.24, 2.45) is 0 Å². The van der Waals surface area contributed by atoms with E-state index < -0.39 is 5.60 Å². The molecule has 1 atom stereocenters. The first-order valence-electron chi connectivity index (χ1n) is 7.27.